The Balaban J connectivity index is 1.90. The summed E-state index contributed by atoms with van der Waals surface area (Å²) < 4.78 is 4.96. The number of nitrogens with one attached hydrogen (secondary N) is 1. The second-order valence-corrected chi connectivity index (χ2v) is 3.40. The minimum absolute atomic E-state index is 0.0799. The average Bonchev–Trinajstić information content (AvgIpc) is 2.81. The molecule has 2 aliphatic rings. The molecule has 1 N–H and O–H groups in total. The van der Waals surface area contributed by atoms with Gasteiger partial charge in [-0.1, -0.05) is 0 Å². The lowest BCUT2D eigenvalue weighted by molar-refractivity contribution is -0.145. The Bertz CT molecular complexity index is 193. The summed E-state index contributed by atoms with van der Waals surface area (Å²) in [6.07, 6.45) is 2.34. The van der Waals surface area contributed by atoms with E-state index < -0.39 is 0 Å². The molecule has 0 aromatic carbocycles. The number of esters is 1. The third-order valence-corrected chi connectivity index (χ3v) is 2.58. The fourth-order valence-corrected chi connectivity index (χ4v) is 1.86. The number of hydrogen-bond acceptors (Lipinski definition) is 3. The molecule has 1 aliphatic carbocycles. The zero-order valence-electron chi connectivity index (χ0n) is 7.30. The monoisotopic (exact) mass is 168 g/mol. The van der Waals surface area contributed by atoms with Gasteiger partial charge in [0, 0.05) is 5.92 Å². The van der Waals surface area contributed by atoms with Crippen LogP contribution in [0.25, 0.3) is 0 Å². The molecule has 2 rings (SSSR count). The topological polar surface area (TPSA) is 38.3 Å². The third kappa shape index (κ3) is 1.33. The van der Waals surface area contributed by atoms with Gasteiger partial charge in [-0.3, -0.25) is 4.79 Å². The normalized spacial score (nSPS) is 34.1. The molecule has 1 aliphatic heterocycles. The van der Waals surface area contributed by atoms with Crippen molar-refractivity contribution in [1.29, 1.82) is 0 Å². The van der Waals surface area contributed by atoms with E-state index in [0.717, 1.165) is 18.9 Å². The smallest absolute Gasteiger partial charge is 0.323 e. The first-order chi connectivity index (χ1) is 5.83. The molecule has 0 aromatic rings. The minimum Gasteiger partial charge on any atom is -0.465 e. The van der Waals surface area contributed by atoms with Crippen LogP contribution in [-0.4, -0.2) is 25.2 Å². The van der Waals surface area contributed by atoms with E-state index in [1.807, 2.05) is 6.92 Å². The molecular formula is C9H14NO2. The molecule has 1 heterocycles. The lowest BCUT2D eigenvalue weighted by atomic mass is 10.1. The predicted octanol–water partition coefficient (Wildman–Crippen LogP) is 0.506. The van der Waals surface area contributed by atoms with E-state index >= 15 is 0 Å². The highest BCUT2D eigenvalue weighted by molar-refractivity contribution is 5.80. The molecular weight excluding hydrogens is 154 g/mol. The standard InChI is InChI=1S/C9H14NO2/c1-2-12-9(11)8-7-5-6(7)3-4-10-8/h6,8,10H,2-5H2,1H3. The van der Waals surface area contributed by atoms with Crippen LogP contribution in [0.1, 0.15) is 19.8 Å². The molecule has 67 valence electrons. The van der Waals surface area contributed by atoms with Crippen molar-refractivity contribution in [3.63, 3.8) is 0 Å². The first-order valence-electron chi connectivity index (χ1n) is 4.58. The molecule has 12 heavy (non-hydrogen) atoms. The minimum atomic E-state index is -0.0882. The van der Waals surface area contributed by atoms with Crippen LogP contribution in [0.5, 0.6) is 0 Å². The molecule has 3 nitrogen and oxygen atoms in total. The van der Waals surface area contributed by atoms with Crippen LogP contribution in [0.2, 0.25) is 0 Å². The Hall–Kier alpha value is -0.570. The van der Waals surface area contributed by atoms with Crippen molar-refractivity contribution >= 4 is 5.97 Å². The van der Waals surface area contributed by atoms with Crippen LogP contribution in [0.4, 0.5) is 0 Å². The molecule has 2 unspecified atom stereocenters. The zero-order chi connectivity index (χ0) is 8.55. The number of rotatable bonds is 2. The van der Waals surface area contributed by atoms with Gasteiger partial charge in [0.15, 0.2) is 0 Å². The number of carbonyl (C=O) groups excluding carboxylic acids is 1. The second-order valence-electron chi connectivity index (χ2n) is 3.40. The summed E-state index contributed by atoms with van der Waals surface area (Å²) in [5, 5.41) is 3.18. The highest BCUT2D eigenvalue weighted by Crippen LogP contribution is 2.48. The van der Waals surface area contributed by atoms with Crippen molar-refractivity contribution in [2.45, 2.75) is 25.8 Å². The number of hydrogen-bond donors (Lipinski definition) is 1. The summed E-state index contributed by atoms with van der Waals surface area (Å²) in [6, 6.07) is -0.0799. The maximum absolute atomic E-state index is 11.3. The van der Waals surface area contributed by atoms with Crippen molar-refractivity contribution < 1.29 is 9.53 Å². The lowest BCUT2D eigenvalue weighted by Gasteiger charge is -2.20. The number of carbonyl (C=O) groups is 1. The summed E-state index contributed by atoms with van der Waals surface area (Å²) in [6.45, 7) is 3.28. The first kappa shape index (κ1) is 8.05. The van der Waals surface area contributed by atoms with Crippen LogP contribution >= 0.6 is 0 Å². The van der Waals surface area contributed by atoms with Gasteiger partial charge in [-0.05, 0) is 32.2 Å². The largest absolute Gasteiger partial charge is 0.465 e. The number of fused-ring (bicyclic) bond motifs is 1. The van der Waals surface area contributed by atoms with Gasteiger partial charge in [-0.2, -0.15) is 0 Å². The van der Waals surface area contributed by atoms with Gasteiger partial charge in [-0.25, -0.2) is 0 Å². The van der Waals surface area contributed by atoms with Crippen molar-refractivity contribution in [3.8, 4) is 0 Å². The summed E-state index contributed by atoms with van der Waals surface area (Å²) in [5.41, 5.74) is 0. The average molecular weight is 168 g/mol. The molecule has 0 bridgehead atoms. The predicted molar refractivity (Wildman–Crippen MR) is 44.4 cm³/mol. The van der Waals surface area contributed by atoms with E-state index in [0.29, 0.717) is 6.61 Å². The maximum atomic E-state index is 11.3. The molecule has 0 aromatic heterocycles. The number of piperidine rings is 1. The van der Waals surface area contributed by atoms with E-state index in [4.69, 9.17) is 4.74 Å². The molecule has 3 heteroatoms. The quantitative estimate of drug-likeness (QED) is 0.610. The van der Waals surface area contributed by atoms with Gasteiger partial charge in [0.05, 0.1) is 6.61 Å². The molecule has 1 saturated heterocycles. The zero-order valence-corrected chi connectivity index (χ0v) is 7.30. The van der Waals surface area contributed by atoms with Gasteiger partial charge in [0.25, 0.3) is 0 Å². The molecule has 1 radical (unpaired) electrons. The van der Waals surface area contributed by atoms with E-state index in [-0.39, 0.29) is 12.0 Å². The SMILES string of the molecule is CCOC(=O)C1NCCC2C[C]21. The van der Waals surface area contributed by atoms with Gasteiger partial charge in [0.1, 0.15) is 6.04 Å². The van der Waals surface area contributed by atoms with Crippen LogP contribution < -0.4 is 5.32 Å². The van der Waals surface area contributed by atoms with E-state index in [2.05, 4.69) is 5.32 Å². The van der Waals surface area contributed by atoms with Crippen LogP contribution in [-0.2, 0) is 9.53 Å². The van der Waals surface area contributed by atoms with Crippen molar-refractivity contribution in [1.82, 2.24) is 5.32 Å². The maximum Gasteiger partial charge on any atom is 0.323 e. The Morgan fingerprint density at radius 1 is 1.75 bits per heavy atom. The van der Waals surface area contributed by atoms with Gasteiger partial charge < -0.3 is 10.1 Å². The lowest BCUT2D eigenvalue weighted by Crippen LogP contribution is -2.42. The third-order valence-electron chi connectivity index (χ3n) is 2.58. The van der Waals surface area contributed by atoms with Crippen molar-refractivity contribution in [2.75, 3.05) is 13.2 Å². The molecule has 0 spiro atoms. The van der Waals surface area contributed by atoms with Gasteiger partial charge in [0.2, 0.25) is 0 Å². The molecule has 2 atom stereocenters. The van der Waals surface area contributed by atoms with Crippen molar-refractivity contribution in [2.24, 2.45) is 5.92 Å². The number of ether oxygens (including phenoxy) is 1. The van der Waals surface area contributed by atoms with Gasteiger partial charge in [-0.15, -0.1) is 0 Å². The summed E-state index contributed by atoms with van der Waals surface area (Å²) in [5.74, 6) is 2.00. The van der Waals surface area contributed by atoms with Crippen LogP contribution in [0.3, 0.4) is 0 Å². The molecule has 1 saturated carbocycles. The van der Waals surface area contributed by atoms with Crippen molar-refractivity contribution in [3.05, 3.63) is 5.92 Å². The highest BCUT2D eigenvalue weighted by Gasteiger charge is 2.49. The van der Waals surface area contributed by atoms with Crippen LogP contribution in [0, 0.1) is 11.8 Å². The van der Waals surface area contributed by atoms with E-state index in [9.17, 15) is 4.79 Å². The summed E-state index contributed by atoms with van der Waals surface area (Å²) >= 11 is 0. The summed E-state index contributed by atoms with van der Waals surface area (Å²) in [7, 11) is 0. The first-order valence-corrected chi connectivity index (χ1v) is 4.58. The van der Waals surface area contributed by atoms with Crippen LogP contribution in [0.15, 0.2) is 0 Å². The highest BCUT2D eigenvalue weighted by atomic mass is 16.5. The Kier molecular flexibility index (Phi) is 2.05. The second kappa shape index (κ2) is 3.05. The summed E-state index contributed by atoms with van der Waals surface area (Å²) in [4.78, 5) is 11.3. The molecule has 2 fully saturated rings. The Morgan fingerprint density at radius 3 is 3.33 bits per heavy atom. The fourth-order valence-electron chi connectivity index (χ4n) is 1.86. The molecule has 0 amide bonds. The Morgan fingerprint density at radius 2 is 2.58 bits per heavy atom. The Labute approximate surface area is 72.5 Å². The fraction of sp³-hybridized carbons (Fsp3) is 0.778. The van der Waals surface area contributed by atoms with E-state index in [1.54, 1.807) is 0 Å². The van der Waals surface area contributed by atoms with Gasteiger partial charge >= 0.3 is 5.97 Å². The van der Waals surface area contributed by atoms with E-state index in [1.165, 1.54) is 12.3 Å².